The van der Waals surface area contributed by atoms with Crippen molar-refractivity contribution in [2.24, 2.45) is 0 Å². The predicted molar refractivity (Wildman–Crippen MR) is 258 cm³/mol. The molecule has 0 bridgehead atoms. The van der Waals surface area contributed by atoms with Crippen LogP contribution in [0.5, 0.6) is 5.75 Å². The summed E-state index contributed by atoms with van der Waals surface area (Å²) in [5.74, 6) is 1.67. The second kappa shape index (κ2) is 19.4. The van der Waals surface area contributed by atoms with Crippen LogP contribution in [-0.4, -0.2) is 38.9 Å². The number of benzene rings is 5. The third-order valence-corrected chi connectivity index (χ3v) is 12.3. The molecule has 0 saturated heterocycles. The van der Waals surface area contributed by atoms with Crippen molar-refractivity contribution in [3.05, 3.63) is 183 Å². The summed E-state index contributed by atoms with van der Waals surface area (Å²) in [6.07, 6.45) is 6.74. The summed E-state index contributed by atoms with van der Waals surface area (Å²) in [5, 5.41) is 15.7. The lowest BCUT2D eigenvalue weighted by molar-refractivity contribution is 0.0987. The Kier molecular flexibility index (Phi) is 13.2. The van der Waals surface area contributed by atoms with E-state index in [4.69, 9.17) is 27.9 Å². The molecular formula is C48H38Cl2N8O3S2. The van der Waals surface area contributed by atoms with E-state index in [0.717, 1.165) is 44.0 Å². The average Bonchev–Trinajstić information content (AvgIpc) is 3.97. The van der Waals surface area contributed by atoms with Crippen molar-refractivity contribution in [3.63, 3.8) is 0 Å². The van der Waals surface area contributed by atoms with Gasteiger partial charge in [0.15, 0.2) is 10.3 Å². The molecule has 0 spiro atoms. The SMILES string of the molecule is COc1ccc(CN(C(=O)c2cnc(Nc3cc4ccccc4cn3)s2)c2c(C)cccc2Cl)cc1.Cc1cccc(Cl)c1NC(=O)c1cnc(Nc2cc3ccccc3cn2)s1. The van der Waals surface area contributed by atoms with Crippen molar-refractivity contribution in [2.75, 3.05) is 28.0 Å². The molecule has 0 aliphatic carbocycles. The number of halogens is 2. The van der Waals surface area contributed by atoms with E-state index in [9.17, 15) is 9.59 Å². The lowest BCUT2D eigenvalue weighted by atomic mass is 10.1. The van der Waals surface area contributed by atoms with E-state index >= 15 is 0 Å². The summed E-state index contributed by atoms with van der Waals surface area (Å²) in [4.78, 5) is 46.5. The summed E-state index contributed by atoms with van der Waals surface area (Å²) >= 11 is 15.3. The molecule has 0 aliphatic heterocycles. The standard InChI is InChI=1S/C28H23ClN4O2S.C20H15ClN4OS/c1-18-6-5-9-23(29)26(18)33(17-19-10-12-22(35-2)13-11-19)27(34)24-16-31-28(36-24)32-25-14-20-7-3-4-8-21(20)15-30-25;1-12-5-4-8-15(21)18(12)25-19(26)16-11-23-20(27-16)24-17-9-13-6-2-3-7-14(13)10-22-17/h3-16H,17H2,1-2H3,(H,30,31,32);2-11H,1H3,(H,25,26)(H,22,23,24). The molecule has 3 N–H and O–H groups in total. The van der Waals surface area contributed by atoms with Crippen molar-refractivity contribution in [1.82, 2.24) is 19.9 Å². The van der Waals surface area contributed by atoms with Crippen molar-refractivity contribution in [1.29, 1.82) is 0 Å². The number of hydrogen-bond acceptors (Lipinski definition) is 11. The molecule has 5 aromatic carbocycles. The van der Waals surface area contributed by atoms with Gasteiger partial charge in [0.25, 0.3) is 11.8 Å². The minimum absolute atomic E-state index is 0.181. The monoisotopic (exact) mass is 908 g/mol. The van der Waals surface area contributed by atoms with Gasteiger partial charge in [-0.1, -0.05) is 131 Å². The molecule has 0 saturated carbocycles. The largest absolute Gasteiger partial charge is 0.497 e. The number of methoxy groups -OCH3 is 1. The number of ether oxygens (including phenoxy) is 1. The number of nitrogens with one attached hydrogen (secondary N) is 3. The quantitative estimate of drug-likeness (QED) is 0.116. The first-order valence-corrected chi connectivity index (χ1v) is 21.9. The molecule has 0 radical (unpaired) electrons. The fourth-order valence-corrected chi connectivity index (χ4v) is 8.70. The van der Waals surface area contributed by atoms with Crippen LogP contribution in [0.4, 0.5) is 33.3 Å². The molecule has 2 amide bonds. The summed E-state index contributed by atoms with van der Waals surface area (Å²) in [7, 11) is 1.63. The molecule has 15 heteroatoms. The van der Waals surface area contributed by atoms with Gasteiger partial charge in [-0.25, -0.2) is 19.9 Å². The number of anilines is 6. The zero-order valence-corrected chi connectivity index (χ0v) is 37.2. The normalized spacial score (nSPS) is 10.8. The van der Waals surface area contributed by atoms with Gasteiger partial charge in [0, 0.05) is 23.2 Å². The number of nitrogens with zero attached hydrogens (tertiary/aromatic N) is 5. The maximum Gasteiger partial charge on any atom is 0.270 e. The van der Waals surface area contributed by atoms with Crippen LogP contribution in [0.2, 0.25) is 10.0 Å². The van der Waals surface area contributed by atoms with E-state index in [2.05, 4.69) is 35.9 Å². The van der Waals surface area contributed by atoms with Crippen molar-refractivity contribution in [3.8, 4) is 5.75 Å². The molecule has 4 aromatic heterocycles. The van der Waals surface area contributed by atoms with Gasteiger partial charge in [0.05, 0.1) is 47.5 Å². The molecule has 0 aliphatic rings. The first kappa shape index (κ1) is 42.8. The molecule has 11 nitrogen and oxygen atoms in total. The number of pyridine rings is 2. The molecule has 314 valence electrons. The highest BCUT2D eigenvalue weighted by atomic mass is 35.5. The van der Waals surface area contributed by atoms with E-state index in [1.165, 1.54) is 28.9 Å². The fourth-order valence-electron chi connectivity index (χ4n) is 6.62. The van der Waals surface area contributed by atoms with Crippen LogP contribution in [0.25, 0.3) is 21.5 Å². The second-order valence-electron chi connectivity index (χ2n) is 14.2. The Labute approximate surface area is 381 Å². The Balaban J connectivity index is 0.000000180. The van der Waals surface area contributed by atoms with Crippen LogP contribution in [0.3, 0.4) is 0 Å². The summed E-state index contributed by atoms with van der Waals surface area (Å²) < 4.78 is 5.27. The highest BCUT2D eigenvalue weighted by Crippen LogP contribution is 2.34. The second-order valence-corrected chi connectivity index (χ2v) is 17.0. The topological polar surface area (TPSA) is 134 Å². The van der Waals surface area contributed by atoms with Crippen LogP contribution >= 0.6 is 45.9 Å². The first-order chi connectivity index (χ1) is 30.6. The minimum atomic E-state index is -0.247. The number of carbonyl (C=O) groups excluding carboxylic acids is 2. The van der Waals surface area contributed by atoms with Gasteiger partial charge in [0.2, 0.25) is 0 Å². The lowest BCUT2D eigenvalue weighted by Gasteiger charge is -2.25. The molecule has 0 atom stereocenters. The summed E-state index contributed by atoms with van der Waals surface area (Å²) in [6, 6.07) is 38.6. The van der Waals surface area contributed by atoms with E-state index in [1.54, 1.807) is 36.5 Å². The number of rotatable bonds is 11. The highest BCUT2D eigenvalue weighted by Gasteiger charge is 2.24. The Hall–Kier alpha value is -6.90. The molecule has 63 heavy (non-hydrogen) atoms. The molecule has 9 rings (SSSR count). The number of amides is 2. The maximum atomic E-state index is 13.8. The Morgan fingerprint density at radius 2 is 1.16 bits per heavy atom. The summed E-state index contributed by atoms with van der Waals surface area (Å²) in [5.41, 5.74) is 4.06. The fraction of sp³-hybridized carbons (Fsp3) is 0.0833. The number of aryl methyl sites for hydroxylation is 2. The number of hydrogen-bond donors (Lipinski definition) is 3. The van der Waals surface area contributed by atoms with Gasteiger partial charge < -0.3 is 25.6 Å². The van der Waals surface area contributed by atoms with Crippen LogP contribution in [0, 0.1) is 13.8 Å². The van der Waals surface area contributed by atoms with Crippen molar-refractivity contribution in [2.45, 2.75) is 20.4 Å². The van der Waals surface area contributed by atoms with Gasteiger partial charge >= 0.3 is 0 Å². The lowest BCUT2D eigenvalue weighted by Crippen LogP contribution is -2.30. The smallest absolute Gasteiger partial charge is 0.270 e. The maximum absolute atomic E-state index is 13.8. The number of carbonyl (C=O) groups is 2. The van der Waals surface area contributed by atoms with E-state index in [-0.39, 0.29) is 11.8 Å². The number of thiazole rings is 2. The summed E-state index contributed by atoms with van der Waals surface area (Å²) in [6.45, 7) is 4.19. The van der Waals surface area contributed by atoms with Crippen LogP contribution in [-0.2, 0) is 6.54 Å². The molecule has 9 aromatic rings. The Bertz CT molecular complexity index is 3050. The van der Waals surface area contributed by atoms with Gasteiger partial charge in [-0.2, -0.15) is 0 Å². The molecule has 0 fully saturated rings. The van der Waals surface area contributed by atoms with Gasteiger partial charge in [-0.3, -0.25) is 9.59 Å². The van der Waals surface area contributed by atoms with Crippen LogP contribution in [0.1, 0.15) is 36.0 Å². The van der Waals surface area contributed by atoms with Crippen LogP contribution < -0.4 is 25.6 Å². The van der Waals surface area contributed by atoms with E-state index in [0.29, 0.717) is 59.6 Å². The average molecular weight is 910 g/mol. The Morgan fingerprint density at radius 1 is 0.619 bits per heavy atom. The van der Waals surface area contributed by atoms with E-state index in [1.807, 2.05) is 129 Å². The molecule has 0 unspecified atom stereocenters. The number of aromatic nitrogens is 4. The third-order valence-electron chi connectivity index (χ3n) is 9.84. The van der Waals surface area contributed by atoms with E-state index < -0.39 is 0 Å². The predicted octanol–water partition coefficient (Wildman–Crippen LogP) is 12.9. The van der Waals surface area contributed by atoms with Crippen molar-refractivity contribution < 1.29 is 14.3 Å². The number of fused-ring (bicyclic) bond motifs is 2. The minimum Gasteiger partial charge on any atom is -0.497 e. The molecule has 4 heterocycles. The van der Waals surface area contributed by atoms with Gasteiger partial charge in [0.1, 0.15) is 27.1 Å². The third kappa shape index (κ3) is 10.3. The number of para-hydroxylation sites is 2. The molecular weight excluding hydrogens is 872 g/mol. The van der Waals surface area contributed by atoms with Crippen LogP contribution in [0.15, 0.2) is 146 Å². The first-order valence-electron chi connectivity index (χ1n) is 19.5. The van der Waals surface area contributed by atoms with Gasteiger partial charge in [-0.05, 0) is 77.7 Å². The van der Waals surface area contributed by atoms with Gasteiger partial charge in [-0.15, -0.1) is 0 Å². The zero-order chi connectivity index (χ0) is 43.9. The Morgan fingerprint density at radius 3 is 1.73 bits per heavy atom. The van der Waals surface area contributed by atoms with Crippen molar-refractivity contribution >= 4 is 113 Å². The highest BCUT2D eigenvalue weighted by molar-refractivity contribution is 7.18. The zero-order valence-electron chi connectivity index (χ0n) is 34.1.